The lowest BCUT2D eigenvalue weighted by Crippen LogP contribution is -1.82. The maximum atomic E-state index is 9.25. The molecule has 0 aliphatic carbocycles. The lowest BCUT2D eigenvalue weighted by molar-refractivity contribution is -0.132. The molecule has 0 amide bonds. The van der Waals surface area contributed by atoms with Crippen LogP contribution in [0.1, 0.15) is 0 Å². The molecular weight excluding hydrogens is 250 g/mol. The van der Waals surface area contributed by atoms with Crippen LogP contribution in [0.4, 0.5) is 0 Å². The zero-order chi connectivity index (χ0) is 14.7. The molecule has 1 heterocycles. The highest BCUT2D eigenvalue weighted by molar-refractivity contribution is 5.79. The number of carbonyl (C=O) groups is 2. The van der Waals surface area contributed by atoms with Crippen molar-refractivity contribution >= 4 is 23.0 Å². The third-order valence-corrected chi connectivity index (χ3v) is 1.59. The van der Waals surface area contributed by atoms with Crippen LogP contribution in [-0.4, -0.2) is 27.1 Å². The third-order valence-electron chi connectivity index (χ3n) is 1.59. The van der Waals surface area contributed by atoms with Crippen LogP contribution in [0.2, 0.25) is 0 Å². The fourth-order valence-corrected chi connectivity index (χ4v) is 0.803. The van der Waals surface area contributed by atoms with E-state index in [9.17, 15) is 9.59 Å². The van der Waals surface area contributed by atoms with E-state index >= 15 is 0 Å². The second kappa shape index (κ2) is 9.17. The van der Waals surface area contributed by atoms with Crippen molar-refractivity contribution in [2.45, 2.75) is 0 Å². The minimum atomic E-state index is -0.981. The predicted octanol–water partition coefficient (Wildman–Crippen LogP) is 2.34. The molecule has 0 spiro atoms. The van der Waals surface area contributed by atoms with E-state index in [1.54, 1.807) is 0 Å². The van der Waals surface area contributed by atoms with E-state index in [2.05, 4.69) is 18.1 Å². The molecule has 1 aromatic heterocycles. The van der Waals surface area contributed by atoms with Gasteiger partial charge in [-0.1, -0.05) is 25.3 Å². The van der Waals surface area contributed by atoms with Crippen LogP contribution >= 0.6 is 0 Å². The summed E-state index contributed by atoms with van der Waals surface area (Å²) in [7, 11) is 0. The van der Waals surface area contributed by atoms with Gasteiger partial charge in [0.05, 0.1) is 0 Å². The Morgan fingerprint density at radius 3 is 2.00 bits per heavy atom. The van der Waals surface area contributed by atoms with Gasteiger partial charge in [0, 0.05) is 12.2 Å². The van der Waals surface area contributed by atoms with E-state index in [1.807, 2.05) is 24.3 Å². The summed E-state index contributed by atoms with van der Waals surface area (Å²) in [6.07, 6.45) is 3.12. The van der Waals surface area contributed by atoms with Crippen LogP contribution in [0.25, 0.3) is 11.1 Å². The minimum Gasteiger partial charge on any atom is -0.478 e. The molecule has 0 bridgehead atoms. The molecule has 0 saturated carbocycles. The van der Waals surface area contributed by atoms with Gasteiger partial charge in [-0.15, -0.1) is 0 Å². The molecule has 0 aliphatic heterocycles. The Morgan fingerprint density at radius 2 is 1.58 bits per heavy atom. The van der Waals surface area contributed by atoms with Gasteiger partial charge in [-0.25, -0.2) is 14.6 Å². The second-order valence-corrected chi connectivity index (χ2v) is 2.90. The van der Waals surface area contributed by atoms with Crippen LogP contribution < -0.4 is 0 Å². The summed E-state index contributed by atoms with van der Waals surface area (Å²) in [6.45, 7) is 5.92. The molecule has 19 heavy (non-hydrogen) atoms. The molecule has 1 aromatic carbocycles. The Labute approximate surface area is 109 Å². The Hall–Kier alpha value is -2.89. The Bertz CT molecular complexity index is 511. The van der Waals surface area contributed by atoms with Crippen LogP contribution in [0.15, 0.2) is 60.4 Å². The standard InChI is InChI=1S/C7H5NO.2C3H4O2/c1-2-4-7-6(3-1)8-5-9-7;2*1-2-3(4)5/h1-5H;2*2H,1H2,(H,4,5). The zero-order valence-corrected chi connectivity index (χ0v) is 10.0. The number of fused-ring (bicyclic) bond motifs is 1. The van der Waals surface area contributed by atoms with Crippen molar-refractivity contribution in [1.29, 1.82) is 0 Å². The summed E-state index contributed by atoms with van der Waals surface area (Å²) in [4.78, 5) is 22.5. The largest absolute Gasteiger partial charge is 0.478 e. The summed E-state index contributed by atoms with van der Waals surface area (Å²) in [6, 6.07) is 7.67. The fourth-order valence-electron chi connectivity index (χ4n) is 0.803. The lowest BCUT2D eigenvalue weighted by Gasteiger charge is -1.79. The fraction of sp³-hybridized carbons (Fsp3) is 0. The zero-order valence-electron chi connectivity index (χ0n) is 10.0. The molecule has 2 aromatic rings. The Morgan fingerprint density at radius 1 is 1.11 bits per heavy atom. The topological polar surface area (TPSA) is 101 Å². The van der Waals surface area contributed by atoms with E-state index in [0.29, 0.717) is 0 Å². The highest BCUT2D eigenvalue weighted by Gasteiger charge is 1.91. The van der Waals surface area contributed by atoms with Gasteiger partial charge in [-0.05, 0) is 12.1 Å². The first-order valence-electron chi connectivity index (χ1n) is 5.00. The molecule has 6 nitrogen and oxygen atoms in total. The van der Waals surface area contributed by atoms with Gasteiger partial charge in [0.1, 0.15) is 5.52 Å². The SMILES string of the molecule is C=CC(=O)O.C=CC(=O)O.c1ccc2ocnc2c1. The van der Waals surface area contributed by atoms with Crippen LogP contribution in [-0.2, 0) is 9.59 Å². The van der Waals surface area contributed by atoms with Crippen molar-refractivity contribution in [3.05, 3.63) is 56.0 Å². The van der Waals surface area contributed by atoms with Gasteiger partial charge in [0.15, 0.2) is 12.0 Å². The van der Waals surface area contributed by atoms with E-state index < -0.39 is 11.9 Å². The van der Waals surface area contributed by atoms with Gasteiger partial charge < -0.3 is 14.6 Å². The molecule has 0 fully saturated rings. The van der Waals surface area contributed by atoms with E-state index in [4.69, 9.17) is 14.6 Å². The number of benzene rings is 1. The Balaban J connectivity index is 0.000000283. The number of carboxylic acids is 2. The molecule has 100 valence electrons. The summed E-state index contributed by atoms with van der Waals surface area (Å²) >= 11 is 0. The summed E-state index contributed by atoms with van der Waals surface area (Å²) in [5.74, 6) is -1.96. The minimum absolute atomic E-state index is 0.833. The highest BCUT2D eigenvalue weighted by Crippen LogP contribution is 2.09. The van der Waals surface area contributed by atoms with Crippen LogP contribution in [0, 0.1) is 0 Å². The molecule has 0 atom stereocenters. The average Bonchev–Trinajstić information content (AvgIpc) is 2.88. The van der Waals surface area contributed by atoms with Crippen molar-refractivity contribution in [2.24, 2.45) is 0 Å². The Kier molecular flexibility index (Phi) is 7.78. The molecule has 2 N–H and O–H groups in total. The number of aliphatic carboxylic acids is 2. The van der Waals surface area contributed by atoms with Gasteiger partial charge >= 0.3 is 11.9 Å². The number of aromatic nitrogens is 1. The number of hydrogen-bond donors (Lipinski definition) is 2. The average molecular weight is 263 g/mol. The second-order valence-electron chi connectivity index (χ2n) is 2.90. The normalized spacial score (nSPS) is 8.21. The predicted molar refractivity (Wildman–Crippen MR) is 69.7 cm³/mol. The smallest absolute Gasteiger partial charge is 0.327 e. The quantitative estimate of drug-likeness (QED) is 0.806. The molecule has 6 heteroatoms. The van der Waals surface area contributed by atoms with Crippen molar-refractivity contribution in [3.63, 3.8) is 0 Å². The monoisotopic (exact) mass is 263 g/mol. The molecule has 0 saturated heterocycles. The third kappa shape index (κ3) is 7.92. The molecule has 0 unspecified atom stereocenters. The maximum absolute atomic E-state index is 9.25. The first kappa shape index (κ1) is 16.1. The number of hydrogen-bond acceptors (Lipinski definition) is 4. The van der Waals surface area contributed by atoms with Gasteiger partial charge in [-0.2, -0.15) is 0 Å². The van der Waals surface area contributed by atoms with Crippen LogP contribution in [0.3, 0.4) is 0 Å². The van der Waals surface area contributed by atoms with Crippen molar-refractivity contribution in [2.75, 3.05) is 0 Å². The molecule has 2 rings (SSSR count). The van der Waals surface area contributed by atoms with E-state index in [1.165, 1.54) is 6.39 Å². The highest BCUT2D eigenvalue weighted by atomic mass is 16.4. The molecule has 0 aliphatic rings. The van der Waals surface area contributed by atoms with Crippen molar-refractivity contribution < 1.29 is 24.2 Å². The summed E-state index contributed by atoms with van der Waals surface area (Å²) < 4.78 is 5.01. The number of oxazole rings is 1. The number of rotatable bonds is 2. The number of carboxylic acid groups (broad SMARTS) is 2. The lowest BCUT2D eigenvalue weighted by atomic mass is 10.3. The van der Waals surface area contributed by atoms with Gasteiger partial charge in [-0.3, -0.25) is 0 Å². The molecular formula is C13H13NO5. The van der Waals surface area contributed by atoms with Crippen LogP contribution in [0.5, 0.6) is 0 Å². The van der Waals surface area contributed by atoms with E-state index in [-0.39, 0.29) is 0 Å². The first-order valence-corrected chi connectivity index (χ1v) is 5.00. The van der Waals surface area contributed by atoms with Crippen molar-refractivity contribution in [3.8, 4) is 0 Å². The van der Waals surface area contributed by atoms with Crippen molar-refractivity contribution in [1.82, 2.24) is 4.98 Å². The summed E-state index contributed by atoms with van der Waals surface area (Å²) in [5, 5.41) is 15.2. The number of nitrogens with zero attached hydrogens (tertiary/aromatic N) is 1. The van der Waals surface area contributed by atoms with E-state index in [0.717, 1.165) is 23.3 Å². The van der Waals surface area contributed by atoms with Gasteiger partial charge in [0.25, 0.3) is 0 Å². The maximum Gasteiger partial charge on any atom is 0.327 e. The summed E-state index contributed by atoms with van der Waals surface area (Å²) in [5.41, 5.74) is 1.76. The van der Waals surface area contributed by atoms with Gasteiger partial charge in [0.2, 0.25) is 0 Å². The number of para-hydroxylation sites is 2. The first-order chi connectivity index (χ1) is 9.01. The molecule has 0 radical (unpaired) electrons.